The average Bonchev–Trinajstić information content (AvgIpc) is 2.02. The predicted molar refractivity (Wildman–Crippen MR) is 49.8 cm³/mol. The van der Waals surface area contributed by atoms with Gasteiger partial charge in [0.25, 0.3) is 0 Å². The van der Waals surface area contributed by atoms with Gasteiger partial charge in [-0.05, 0) is 19.3 Å². The third kappa shape index (κ3) is 1.84. The van der Waals surface area contributed by atoms with E-state index in [1.54, 1.807) is 6.08 Å². The minimum Gasteiger partial charge on any atom is -0.480 e. The number of aliphatic carboxylic acids is 2. The topological polar surface area (TPSA) is 74.6 Å². The van der Waals surface area contributed by atoms with Crippen LogP contribution in [0, 0.1) is 5.41 Å². The maximum absolute atomic E-state index is 10.9. The van der Waals surface area contributed by atoms with Crippen LogP contribution < -0.4 is 0 Å². The number of allylic oxidation sites excluding steroid dienone is 3. The second kappa shape index (κ2) is 4.09. The lowest BCUT2D eigenvalue weighted by Crippen LogP contribution is -2.37. The van der Waals surface area contributed by atoms with E-state index in [0.29, 0.717) is 12.8 Å². The summed E-state index contributed by atoms with van der Waals surface area (Å²) in [6.07, 6.45) is 7.73. The van der Waals surface area contributed by atoms with Crippen LogP contribution in [-0.2, 0) is 9.59 Å². The number of hydrogen-bond acceptors (Lipinski definition) is 2. The van der Waals surface area contributed by atoms with E-state index in [1.807, 2.05) is 6.08 Å². The lowest BCUT2D eigenvalue weighted by Gasteiger charge is -2.21. The highest BCUT2D eigenvalue weighted by molar-refractivity contribution is 6.00. The molecule has 0 saturated carbocycles. The summed E-state index contributed by atoms with van der Waals surface area (Å²) >= 11 is 0. The molecule has 1 aliphatic rings. The molecule has 4 heteroatoms. The van der Waals surface area contributed by atoms with Crippen LogP contribution in [0.3, 0.4) is 0 Å². The standard InChI is InChI=1S/C10H12O4/c11-8(12)10(9(13)14)6-4-2-1-3-5-7-10/h1-2,4,6H,3,5,7H2,(H,11,12)(H,13,14)/b2-1-,6-4-. The number of carboxylic acid groups (broad SMARTS) is 2. The van der Waals surface area contributed by atoms with Crippen molar-refractivity contribution in [3.8, 4) is 0 Å². The van der Waals surface area contributed by atoms with Crippen LogP contribution in [0.2, 0.25) is 0 Å². The molecule has 0 aromatic rings. The zero-order valence-electron chi connectivity index (χ0n) is 7.64. The minimum atomic E-state index is -1.75. The van der Waals surface area contributed by atoms with Gasteiger partial charge in [-0.15, -0.1) is 0 Å². The molecule has 0 amide bonds. The molecule has 0 aliphatic heterocycles. The van der Waals surface area contributed by atoms with Crippen LogP contribution in [0.4, 0.5) is 0 Å². The molecule has 0 fully saturated rings. The minimum absolute atomic E-state index is 0.137. The normalized spacial score (nSPS) is 24.3. The van der Waals surface area contributed by atoms with E-state index in [-0.39, 0.29) is 6.42 Å². The Morgan fingerprint density at radius 3 is 2.36 bits per heavy atom. The van der Waals surface area contributed by atoms with Crippen LogP contribution >= 0.6 is 0 Å². The fourth-order valence-corrected chi connectivity index (χ4v) is 1.42. The van der Waals surface area contributed by atoms with Crippen molar-refractivity contribution in [1.29, 1.82) is 0 Å². The molecular formula is C10H12O4. The van der Waals surface area contributed by atoms with Gasteiger partial charge in [0.05, 0.1) is 0 Å². The van der Waals surface area contributed by atoms with Crippen LogP contribution in [0.15, 0.2) is 24.3 Å². The summed E-state index contributed by atoms with van der Waals surface area (Å²) in [7, 11) is 0. The average molecular weight is 196 g/mol. The Morgan fingerprint density at radius 2 is 1.79 bits per heavy atom. The van der Waals surface area contributed by atoms with Gasteiger partial charge in [-0.1, -0.05) is 24.3 Å². The SMILES string of the molecule is O=C(O)C1(C(=O)O)/C=C\C=C/CCC1. The van der Waals surface area contributed by atoms with E-state index in [4.69, 9.17) is 10.2 Å². The molecule has 0 unspecified atom stereocenters. The number of carbonyl (C=O) groups is 2. The van der Waals surface area contributed by atoms with Crippen LogP contribution in [0.1, 0.15) is 19.3 Å². The molecule has 1 aliphatic carbocycles. The molecule has 14 heavy (non-hydrogen) atoms. The van der Waals surface area contributed by atoms with E-state index in [1.165, 1.54) is 12.2 Å². The van der Waals surface area contributed by atoms with Crippen molar-refractivity contribution in [3.63, 3.8) is 0 Å². The van der Waals surface area contributed by atoms with Crippen LogP contribution in [0.25, 0.3) is 0 Å². The summed E-state index contributed by atoms with van der Waals surface area (Å²) in [5.74, 6) is -2.59. The number of hydrogen-bond donors (Lipinski definition) is 2. The van der Waals surface area contributed by atoms with Crippen LogP contribution in [-0.4, -0.2) is 22.2 Å². The molecule has 76 valence electrons. The van der Waals surface area contributed by atoms with Gasteiger partial charge in [0, 0.05) is 0 Å². The molecular weight excluding hydrogens is 184 g/mol. The Morgan fingerprint density at radius 1 is 1.14 bits per heavy atom. The van der Waals surface area contributed by atoms with Gasteiger partial charge in [-0.25, -0.2) is 0 Å². The molecule has 0 bridgehead atoms. The van der Waals surface area contributed by atoms with Gasteiger partial charge < -0.3 is 10.2 Å². The van der Waals surface area contributed by atoms with E-state index in [9.17, 15) is 9.59 Å². The van der Waals surface area contributed by atoms with Crippen LogP contribution in [0.5, 0.6) is 0 Å². The van der Waals surface area contributed by atoms with Crippen molar-refractivity contribution in [1.82, 2.24) is 0 Å². The first-order valence-corrected chi connectivity index (χ1v) is 4.41. The fourth-order valence-electron chi connectivity index (χ4n) is 1.42. The van der Waals surface area contributed by atoms with E-state index >= 15 is 0 Å². The summed E-state index contributed by atoms with van der Waals surface area (Å²) in [6, 6.07) is 0. The van der Waals surface area contributed by atoms with Gasteiger partial charge in [0.1, 0.15) is 0 Å². The number of rotatable bonds is 2. The maximum atomic E-state index is 10.9. The molecule has 0 atom stereocenters. The Kier molecular flexibility index (Phi) is 3.06. The molecule has 0 heterocycles. The Hall–Kier alpha value is -1.58. The van der Waals surface area contributed by atoms with E-state index in [2.05, 4.69) is 0 Å². The highest BCUT2D eigenvalue weighted by atomic mass is 16.4. The van der Waals surface area contributed by atoms with Crippen molar-refractivity contribution in [3.05, 3.63) is 24.3 Å². The first kappa shape index (κ1) is 10.5. The molecule has 2 N–H and O–H groups in total. The van der Waals surface area contributed by atoms with Gasteiger partial charge in [0.2, 0.25) is 0 Å². The molecule has 0 saturated heterocycles. The van der Waals surface area contributed by atoms with Crippen molar-refractivity contribution in [2.45, 2.75) is 19.3 Å². The molecule has 0 spiro atoms. The van der Waals surface area contributed by atoms with Gasteiger partial charge >= 0.3 is 11.9 Å². The summed E-state index contributed by atoms with van der Waals surface area (Å²) in [5, 5.41) is 17.8. The summed E-state index contributed by atoms with van der Waals surface area (Å²) < 4.78 is 0. The highest BCUT2D eigenvalue weighted by Gasteiger charge is 2.43. The molecule has 0 aromatic heterocycles. The third-order valence-corrected chi connectivity index (χ3v) is 2.33. The van der Waals surface area contributed by atoms with Crippen molar-refractivity contribution >= 4 is 11.9 Å². The monoisotopic (exact) mass is 196 g/mol. The largest absolute Gasteiger partial charge is 0.480 e. The smallest absolute Gasteiger partial charge is 0.324 e. The zero-order valence-corrected chi connectivity index (χ0v) is 7.64. The lowest BCUT2D eigenvalue weighted by molar-refractivity contribution is -0.161. The Balaban J connectivity index is 3.06. The molecule has 1 rings (SSSR count). The van der Waals surface area contributed by atoms with Gasteiger partial charge in [0.15, 0.2) is 5.41 Å². The summed E-state index contributed by atoms with van der Waals surface area (Å²) in [6.45, 7) is 0. The first-order valence-electron chi connectivity index (χ1n) is 4.41. The van der Waals surface area contributed by atoms with Crippen molar-refractivity contribution in [2.75, 3.05) is 0 Å². The second-order valence-electron chi connectivity index (χ2n) is 3.26. The summed E-state index contributed by atoms with van der Waals surface area (Å²) in [4.78, 5) is 21.9. The summed E-state index contributed by atoms with van der Waals surface area (Å²) in [5.41, 5.74) is -1.75. The quantitative estimate of drug-likeness (QED) is 0.655. The van der Waals surface area contributed by atoms with Crippen molar-refractivity contribution < 1.29 is 19.8 Å². The van der Waals surface area contributed by atoms with Gasteiger partial charge in [-0.3, -0.25) is 9.59 Å². The highest BCUT2D eigenvalue weighted by Crippen LogP contribution is 2.29. The molecule has 0 aromatic carbocycles. The Labute approximate surface area is 81.6 Å². The molecule has 0 radical (unpaired) electrons. The zero-order chi connectivity index (χ0) is 10.6. The lowest BCUT2D eigenvalue weighted by atomic mass is 9.81. The maximum Gasteiger partial charge on any atom is 0.324 e. The third-order valence-electron chi connectivity index (χ3n) is 2.33. The predicted octanol–water partition coefficient (Wildman–Crippen LogP) is 1.44. The van der Waals surface area contributed by atoms with Gasteiger partial charge in [-0.2, -0.15) is 0 Å². The van der Waals surface area contributed by atoms with Crippen molar-refractivity contribution in [2.24, 2.45) is 5.41 Å². The molecule has 4 nitrogen and oxygen atoms in total. The Bertz CT molecular complexity index is 287. The van der Waals surface area contributed by atoms with E-state index in [0.717, 1.165) is 0 Å². The fraction of sp³-hybridized carbons (Fsp3) is 0.400. The van der Waals surface area contributed by atoms with E-state index < -0.39 is 17.4 Å². The second-order valence-corrected chi connectivity index (χ2v) is 3.26. The first-order chi connectivity index (χ1) is 6.59. The number of carboxylic acids is 2.